The lowest BCUT2D eigenvalue weighted by atomic mass is 10.0. The minimum atomic E-state index is -0.764. The van der Waals surface area contributed by atoms with Gasteiger partial charge in [0.15, 0.2) is 6.10 Å². The molecule has 0 aromatic carbocycles. The summed E-state index contributed by atoms with van der Waals surface area (Å²) < 4.78 is 16.9. The molecule has 0 heterocycles. The number of hydrogen-bond acceptors (Lipinski definition) is 6. The zero-order chi connectivity index (χ0) is 50.5. The van der Waals surface area contributed by atoms with Crippen molar-refractivity contribution in [2.75, 3.05) is 13.2 Å². The van der Waals surface area contributed by atoms with E-state index in [-0.39, 0.29) is 31.1 Å². The van der Waals surface area contributed by atoms with E-state index in [2.05, 4.69) is 41.5 Å². The van der Waals surface area contributed by atoms with E-state index in [1.807, 2.05) is 0 Å². The SMILES string of the molecule is CC(C)CCCCCCCCCCCCCCCCCC(=O)OC[C@H](COC(=O)CCCCCCCCCCCCCCCCC(C)C)OC(=O)CCCCCCCCCCCCCCCC(C)C. The second kappa shape index (κ2) is 54.2. The molecule has 0 aromatic heterocycles. The van der Waals surface area contributed by atoms with Crippen LogP contribution < -0.4 is 0 Å². The first kappa shape index (κ1) is 67.4. The van der Waals surface area contributed by atoms with Crippen LogP contribution in [0.4, 0.5) is 0 Å². The lowest BCUT2D eigenvalue weighted by molar-refractivity contribution is -0.167. The fraction of sp³-hybridized carbons (Fsp3) is 0.952. The van der Waals surface area contributed by atoms with Crippen LogP contribution in [0.15, 0.2) is 0 Å². The van der Waals surface area contributed by atoms with Crippen LogP contribution in [0.5, 0.6) is 0 Å². The molecule has 6 nitrogen and oxygen atoms in total. The molecule has 0 amide bonds. The number of unbranched alkanes of at least 4 members (excludes halogenated alkanes) is 39. The summed E-state index contributed by atoms with van der Waals surface area (Å²) in [5.41, 5.74) is 0. The van der Waals surface area contributed by atoms with Gasteiger partial charge in [-0.1, -0.05) is 311 Å². The van der Waals surface area contributed by atoms with Gasteiger partial charge >= 0.3 is 17.9 Å². The van der Waals surface area contributed by atoms with Crippen LogP contribution in [0.2, 0.25) is 0 Å². The monoisotopic (exact) mass is 975 g/mol. The zero-order valence-corrected chi connectivity index (χ0v) is 47.6. The van der Waals surface area contributed by atoms with Crippen molar-refractivity contribution in [3.63, 3.8) is 0 Å². The van der Waals surface area contributed by atoms with Gasteiger partial charge in [0.1, 0.15) is 13.2 Å². The first-order valence-electron chi connectivity index (χ1n) is 31.1. The Balaban J connectivity index is 4.30. The van der Waals surface area contributed by atoms with E-state index in [1.165, 1.54) is 231 Å². The Morgan fingerprint density at radius 2 is 0.420 bits per heavy atom. The Labute approximate surface area is 431 Å². The summed E-state index contributed by atoms with van der Waals surface area (Å²) in [5, 5.41) is 0. The molecule has 0 aliphatic heterocycles. The van der Waals surface area contributed by atoms with Crippen LogP contribution in [-0.2, 0) is 28.6 Å². The first-order valence-corrected chi connectivity index (χ1v) is 31.1. The van der Waals surface area contributed by atoms with Gasteiger partial charge in [0.05, 0.1) is 0 Å². The molecule has 1 atom stereocenters. The number of carbonyl (C=O) groups excluding carboxylic acids is 3. The quantitative estimate of drug-likeness (QED) is 0.0343. The number of ether oxygens (including phenoxy) is 3. The van der Waals surface area contributed by atoms with Gasteiger partial charge in [-0.3, -0.25) is 14.4 Å². The lowest BCUT2D eigenvalue weighted by Crippen LogP contribution is -2.30. The molecular formula is C63H122O6. The topological polar surface area (TPSA) is 78.9 Å². The number of hydrogen-bond donors (Lipinski definition) is 0. The smallest absolute Gasteiger partial charge is 0.306 e. The molecule has 0 aromatic rings. The van der Waals surface area contributed by atoms with Gasteiger partial charge < -0.3 is 14.2 Å². The summed E-state index contributed by atoms with van der Waals surface area (Å²) in [5.74, 6) is 1.69. The van der Waals surface area contributed by atoms with Gasteiger partial charge in [-0.2, -0.15) is 0 Å². The highest BCUT2D eigenvalue weighted by atomic mass is 16.6. The highest BCUT2D eigenvalue weighted by Gasteiger charge is 2.19. The molecule has 0 saturated carbocycles. The van der Waals surface area contributed by atoms with Gasteiger partial charge in [0, 0.05) is 19.3 Å². The van der Waals surface area contributed by atoms with E-state index in [4.69, 9.17) is 14.2 Å². The van der Waals surface area contributed by atoms with E-state index in [9.17, 15) is 14.4 Å². The van der Waals surface area contributed by atoms with Crippen molar-refractivity contribution in [3.8, 4) is 0 Å². The van der Waals surface area contributed by atoms with Crippen LogP contribution in [0.25, 0.3) is 0 Å². The van der Waals surface area contributed by atoms with E-state index < -0.39 is 6.10 Å². The third-order valence-electron chi connectivity index (χ3n) is 14.4. The van der Waals surface area contributed by atoms with Crippen molar-refractivity contribution in [1.82, 2.24) is 0 Å². The van der Waals surface area contributed by atoms with Crippen molar-refractivity contribution < 1.29 is 28.6 Å². The molecule has 0 radical (unpaired) electrons. The van der Waals surface area contributed by atoms with Gasteiger partial charge in [-0.15, -0.1) is 0 Å². The van der Waals surface area contributed by atoms with Crippen molar-refractivity contribution in [1.29, 1.82) is 0 Å². The maximum Gasteiger partial charge on any atom is 0.306 e. The van der Waals surface area contributed by atoms with Crippen LogP contribution in [0, 0.1) is 17.8 Å². The molecule has 0 saturated heterocycles. The van der Waals surface area contributed by atoms with Crippen LogP contribution in [0.1, 0.15) is 350 Å². The first-order chi connectivity index (χ1) is 33.6. The predicted molar refractivity (Wildman–Crippen MR) is 298 cm³/mol. The third kappa shape index (κ3) is 57.2. The molecule has 0 spiro atoms. The fourth-order valence-electron chi connectivity index (χ4n) is 9.71. The van der Waals surface area contributed by atoms with Gasteiger partial charge in [-0.25, -0.2) is 0 Å². The Kier molecular flexibility index (Phi) is 52.9. The van der Waals surface area contributed by atoms with Gasteiger partial charge in [0.25, 0.3) is 0 Å². The lowest BCUT2D eigenvalue weighted by Gasteiger charge is -2.18. The van der Waals surface area contributed by atoms with Crippen molar-refractivity contribution in [2.45, 2.75) is 356 Å². The van der Waals surface area contributed by atoms with Crippen LogP contribution in [-0.4, -0.2) is 37.2 Å². The molecule has 0 unspecified atom stereocenters. The largest absolute Gasteiger partial charge is 0.462 e. The maximum absolute atomic E-state index is 12.9. The number of carbonyl (C=O) groups is 3. The van der Waals surface area contributed by atoms with Crippen LogP contribution in [0.3, 0.4) is 0 Å². The Morgan fingerprint density at radius 3 is 0.623 bits per heavy atom. The van der Waals surface area contributed by atoms with Crippen molar-refractivity contribution in [2.24, 2.45) is 17.8 Å². The molecule has 6 heteroatoms. The summed E-state index contributed by atoms with van der Waals surface area (Å²) in [6.07, 6.45) is 58.1. The predicted octanol–water partition coefficient (Wildman–Crippen LogP) is 20.7. The number of esters is 3. The summed E-state index contributed by atoms with van der Waals surface area (Å²) in [7, 11) is 0. The average molecular weight is 976 g/mol. The van der Waals surface area contributed by atoms with Crippen LogP contribution >= 0.6 is 0 Å². The molecule has 69 heavy (non-hydrogen) atoms. The molecular weight excluding hydrogens is 853 g/mol. The minimum absolute atomic E-state index is 0.0628. The van der Waals surface area contributed by atoms with E-state index in [0.717, 1.165) is 75.5 Å². The minimum Gasteiger partial charge on any atom is -0.462 e. The zero-order valence-electron chi connectivity index (χ0n) is 47.6. The molecule has 0 aliphatic carbocycles. The second-order valence-electron chi connectivity index (χ2n) is 23.1. The summed E-state index contributed by atoms with van der Waals surface area (Å²) in [6, 6.07) is 0. The molecule has 0 rings (SSSR count). The van der Waals surface area contributed by atoms with Gasteiger partial charge in [-0.05, 0) is 37.0 Å². The molecule has 0 bridgehead atoms. The second-order valence-corrected chi connectivity index (χ2v) is 23.1. The molecule has 0 aliphatic rings. The highest BCUT2D eigenvalue weighted by molar-refractivity contribution is 5.71. The van der Waals surface area contributed by atoms with Crippen molar-refractivity contribution >= 4 is 17.9 Å². The average Bonchev–Trinajstić information content (AvgIpc) is 3.31. The Morgan fingerprint density at radius 1 is 0.246 bits per heavy atom. The highest BCUT2D eigenvalue weighted by Crippen LogP contribution is 2.19. The molecule has 0 N–H and O–H groups in total. The third-order valence-corrected chi connectivity index (χ3v) is 14.4. The maximum atomic E-state index is 12.9. The Hall–Kier alpha value is -1.59. The molecule has 0 fully saturated rings. The van der Waals surface area contributed by atoms with E-state index >= 15 is 0 Å². The summed E-state index contributed by atoms with van der Waals surface area (Å²) in [6.45, 7) is 13.8. The van der Waals surface area contributed by atoms with Crippen molar-refractivity contribution in [3.05, 3.63) is 0 Å². The van der Waals surface area contributed by atoms with E-state index in [1.54, 1.807) is 0 Å². The standard InChI is InChI=1S/C63H122O6/c1-57(2)49-43-37-31-25-19-13-8-7-9-16-22-28-34-40-46-52-61(64)67-55-60(69-63(66)54-48-42-36-30-24-18-12-15-21-27-33-39-45-51-59(5)6)56-68-62(65)53-47-41-35-29-23-17-11-10-14-20-26-32-38-44-50-58(3)4/h57-60H,7-56H2,1-6H3/t60-/m1/s1. The fourth-order valence-corrected chi connectivity index (χ4v) is 9.71. The van der Waals surface area contributed by atoms with Gasteiger partial charge in [0.2, 0.25) is 0 Å². The van der Waals surface area contributed by atoms with E-state index in [0.29, 0.717) is 19.3 Å². The normalized spacial score (nSPS) is 12.1. The summed E-state index contributed by atoms with van der Waals surface area (Å²) >= 11 is 0. The Bertz CT molecular complexity index is 1070. The number of rotatable bonds is 56. The molecule has 410 valence electrons. The summed E-state index contributed by atoms with van der Waals surface area (Å²) in [4.78, 5) is 38.3.